The lowest BCUT2D eigenvalue weighted by Crippen LogP contribution is -2.54. The van der Waals surface area contributed by atoms with Crippen LogP contribution in [0.1, 0.15) is 13.3 Å². The lowest BCUT2D eigenvalue weighted by atomic mass is 10.1. The number of sulfone groups is 1. The fraction of sp³-hybridized carbons (Fsp3) is 0.412. The van der Waals surface area contributed by atoms with E-state index < -0.39 is 15.9 Å². The topological polar surface area (TPSA) is 117 Å². The highest BCUT2D eigenvalue weighted by Crippen LogP contribution is 2.24. The van der Waals surface area contributed by atoms with Crippen molar-refractivity contribution >= 4 is 21.7 Å². The van der Waals surface area contributed by atoms with Crippen LogP contribution in [0.2, 0.25) is 0 Å². The monoisotopic (exact) mass is 391 g/mol. The number of carbonyl (C=O) groups is 1. The highest BCUT2D eigenvalue weighted by atomic mass is 32.2. The number of anilines is 1. The molecule has 1 fully saturated rings. The number of carboxylic acid groups (broad SMARTS) is 1. The number of rotatable bonds is 4. The molecule has 3 heterocycles. The van der Waals surface area contributed by atoms with Crippen LogP contribution in [0.5, 0.6) is 0 Å². The molecule has 9 nitrogen and oxygen atoms in total. The van der Waals surface area contributed by atoms with Crippen LogP contribution in [-0.4, -0.2) is 71.4 Å². The van der Waals surface area contributed by atoms with E-state index in [0.717, 1.165) is 18.5 Å². The van der Waals surface area contributed by atoms with Gasteiger partial charge in [-0.05, 0) is 24.6 Å². The number of hydrogen-bond acceptors (Lipinski definition) is 7. The predicted octanol–water partition coefficient (Wildman–Crippen LogP) is 1.52. The Morgan fingerprint density at radius 2 is 2.04 bits per heavy atom. The number of nitrogens with zero attached hydrogens (tertiary/aromatic N) is 5. The second-order valence-corrected chi connectivity index (χ2v) is 8.30. The summed E-state index contributed by atoms with van der Waals surface area (Å²) in [7, 11) is -3.49. The van der Waals surface area contributed by atoms with Crippen molar-refractivity contribution in [1.29, 1.82) is 0 Å². The van der Waals surface area contributed by atoms with E-state index in [-0.39, 0.29) is 11.2 Å². The summed E-state index contributed by atoms with van der Waals surface area (Å²) in [6.07, 6.45) is 4.01. The maximum absolute atomic E-state index is 11.6. The van der Waals surface area contributed by atoms with Gasteiger partial charge in [0.15, 0.2) is 0 Å². The molecule has 1 N–H and O–H groups in total. The molecule has 1 aliphatic heterocycles. The van der Waals surface area contributed by atoms with Crippen LogP contribution >= 0.6 is 0 Å². The van der Waals surface area contributed by atoms with Crippen LogP contribution in [0.4, 0.5) is 10.6 Å². The van der Waals surface area contributed by atoms with Gasteiger partial charge in [-0.15, -0.1) is 0 Å². The standard InChI is InChI=1S/C17H21N5O4S/c1-3-13-11-21(17(23)24)8-9-22(13)15-5-4-12(10-19-15)14-6-7-18-16(20-14)27(2,25)26/h4-7,10,13H,3,8-9,11H2,1-2H3,(H,23,24). The zero-order chi connectivity index (χ0) is 19.6. The van der Waals surface area contributed by atoms with Gasteiger partial charge in [0.2, 0.25) is 15.0 Å². The number of hydrogen-bond donors (Lipinski definition) is 1. The third-order valence-corrected chi connectivity index (χ3v) is 5.39. The van der Waals surface area contributed by atoms with Gasteiger partial charge < -0.3 is 14.9 Å². The molecule has 1 aliphatic rings. The van der Waals surface area contributed by atoms with Crippen molar-refractivity contribution in [3.8, 4) is 11.3 Å². The normalized spacial score (nSPS) is 17.8. The molecular weight excluding hydrogens is 370 g/mol. The third-order valence-electron chi connectivity index (χ3n) is 4.53. The zero-order valence-corrected chi connectivity index (χ0v) is 15.9. The van der Waals surface area contributed by atoms with E-state index in [2.05, 4.69) is 19.9 Å². The van der Waals surface area contributed by atoms with Gasteiger partial charge in [0.1, 0.15) is 5.82 Å². The fourth-order valence-electron chi connectivity index (χ4n) is 3.07. The molecule has 144 valence electrons. The molecule has 1 unspecified atom stereocenters. The predicted molar refractivity (Wildman–Crippen MR) is 99.4 cm³/mol. The molecule has 0 aromatic carbocycles. The van der Waals surface area contributed by atoms with Crippen LogP contribution in [0.15, 0.2) is 35.7 Å². The van der Waals surface area contributed by atoms with Crippen molar-refractivity contribution in [2.24, 2.45) is 0 Å². The highest BCUT2D eigenvalue weighted by molar-refractivity contribution is 7.90. The minimum atomic E-state index is -3.49. The number of aromatic nitrogens is 3. The van der Waals surface area contributed by atoms with Crippen molar-refractivity contribution in [2.45, 2.75) is 24.5 Å². The molecular formula is C17H21N5O4S. The first-order valence-electron chi connectivity index (χ1n) is 8.53. The minimum absolute atomic E-state index is 0.0593. The molecule has 2 aromatic heterocycles. The molecule has 0 bridgehead atoms. The van der Waals surface area contributed by atoms with Crippen LogP contribution < -0.4 is 4.90 Å². The summed E-state index contributed by atoms with van der Waals surface area (Å²) in [4.78, 5) is 27.1. The van der Waals surface area contributed by atoms with Crippen LogP contribution in [0.3, 0.4) is 0 Å². The van der Waals surface area contributed by atoms with Crippen molar-refractivity contribution < 1.29 is 18.3 Å². The van der Waals surface area contributed by atoms with E-state index in [1.807, 2.05) is 19.1 Å². The smallest absolute Gasteiger partial charge is 0.407 e. The summed E-state index contributed by atoms with van der Waals surface area (Å²) >= 11 is 0. The molecule has 0 radical (unpaired) electrons. The Bertz CT molecular complexity index is 933. The number of pyridine rings is 1. The Labute approximate surface area is 157 Å². The Morgan fingerprint density at radius 1 is 1.26 bits per heavy atom. The van der Waals surface area contributed by atoms with E-state index in [0.29, 0.717) is 30.9 Å². The van der Waals surface area contributed by atoms with Crippen LogP contribution in [0.25, 0.3) is 11.3 Å². The van der Waals surface area contributed by atoms with Gasteiger partial charge in [0.25, 0.3) is 0 Å². The molecule has 1 atom stereocenters. The van der Waals surface area contributed by atoms with Crippen LogP contribution in [0, 0.1) is 0 Å². The summed E-state index contributed by atoms with van der Waals surface area (Å²) < 4.78 is 23.3. The molecule has 10 heteroatoms. The second kappa shape index (κ2) is 7.47. The molecule has 2 aromatic rings. The van der Waals surface area contributed by atoms with E-state index in [1.54, 1.807) is 12.3 Å². The summed E-state index contributed by atoms with van der Waals surface area (Å²) in [5, 5.41) is 8.97. The number of amides is 1. The van der Waals surface area contributed by atoms with Crippen molar-refractivity contribution in [1.82, 2.24) is 19.9 Å². The zero-order valence-electron chi connectivity index (χ0n) is 15.1. The average Bonchev–Trinajstić information content (AvgIpc) is 2.67. The van der Waals surface area contributed by atoms with E-state index in [4.69, 9.17) is 0 Å². The average molecular weight is 391 g/mol. The van der Waals surface area contributed by atoms with Gasteiger partial charge in [0.05, 0.1) is 5.69 Å². The van der Waals surface area contributed by atoms with Crippen LogP contribution in [-0.2, 0) is 9.84 Å². The highest BCUT2D eigenvalue weighted by Gasteiger charge is 2.29. The maximum atomic E-state index is 11.6. The van der Waals surface area contributed by atoms with Gasteiger partial charge >= 0.3 is 6.09 Å². The van der Waals surface area contributed by atoms with Crippen molar-refractivity contribution in [3.63, 3.8) is 0 Å². The quantitative estimate of drug-likeness (QED) is 0.780. The summed E-state index contributed by atoms with van der Waals surface area (Å²) in [5.41, 5.74) is 1.16. The molecule has 1 saturated heterocycles. The first-order chi connectivity index (χ1) is 12.8. The minimum Gasteiger partial charge on any atom is -0.465 e. The van der Waals surface area contributed by atoms with Gasteiger partial charge in [-0.3, -0.25) is 0 Å². The Hall–Kier alpha value is -2.75. The van der Waals surface area contributed by atoms with Gasteiger partial charge in [0, 0.05) is 49.9 Å². The largest absolute Gasteiger partial charge is 0.465 e. The van der Waals surface area contributed by atoms with Gasteiger partial charge in [-0.25, -0.2) is 28.2 Å². The summed E-state index contributed by atoms with van der Waals surface area (Å²) in [6.45, 7) is 3.46. The molecule has 0 saturated carbocycles. The Balaban J connectivity index is 1.82. The van der Waals surface area contributed by atoms with E-state index in [1.165, 1.54) is 11.1 Å². The Morgan fingerprint density at radius 3 is 2.63 bits per heavy atom. The lowest BCUT2D eigenvalue weighted by molar-refractivity contribution is 0.134. The molecule has 0 spiro atoms. The molecule has 3 rings (SSSR count). The first-order valence-corrected chi connectivity index (χ1v) is 10.4. The third kappa shape index (κ3) is 4.16. The van der Waals surface area contributed by atoms with Crippen molar-refractivity contribution in [3.05, 3.63) is 30.6 Å². The van der Waals surface area contributed by atoms with E-state index >= 15 is 0 Å². The van der Waals surface area contributed by atoms with Crippen molar-refractivity contribution in [2.75, 3.05) is 30.8 Å². The molecule has 0 aliphatic carbocycles. The Kier molecular flexibility index (Phi) is 5.26. The molecule has 27 heavy (non-hydrogen) atoms. The first kappa shape index (κ1) is 19.0. The lowest BCUT2D eigenvalue weighted by Gasteiger charge is -2.40. The fourth-order valence-corrected chi connectivity index (χ4v) is 3.58. The SMILES string of the molecule is CCC1CN(C(=O)O)CCN1c1ccc(-c2ccnc(S(C)(=O)=O)n2)cn1. The van der Waals surface area contributed by atoms with Gasteiger partial charge in [-0.2, -0.15) is 0 Å². The number of piperazine rings is 1. The van der Waals surface area contributed by atoms with Gasteiger partial charge in [-0.1, -0.05) is 6.92 Å². The molecule has 1 amide bonds. The van der Waals surface area contributed by atoms with E-state index in [9.17, 15) is 18.3 Å². The summed E-state index contributed by atoms with van der Waals surface area (Å²) in [6, 6.07) is 5.36. The maximum Gasteiger partial charge on any atom is 0.407 e. The summed E-state index contributed by atoms with van der Waals surface area (Å²) in [5.74, 6) is 0.757. The second-order valence-electron chi connectivity index (χ2n) is 6.39.